The summed E-state index contributed by atoms with van der Waals surface area (Å²) in [5, 5.41) is 6.65. The Balaban J connectivity index is 1.30. The number of nitrogens with zero attached hydrogens (tertiary/aromatic N) is 4. The summed E-state index contributed by atoms with van der Waals surface area (Å²) in [5.74, 6) is -0.459. The first kappa shape index (κ1) is 37.4. The molecular weight excluding hydrogens is 718 g/mol. The lowest BCUT2D eigenvalue weighted by atomic mass is 9.68. The molecule has 1 N–H and O–H groups in total. The van der Waals surface area contributed by atoms with E-state index in [0.29, 0.717) is 24.8 Å². The summed E-state index contributed by atoms with van der Waals surface area (Å²) in [5.41, 5.74) is 3.47. The molecule has 0 saturated heterocycles. The van der Waals surface area contributed by atoms with E-state index >= 15 is 0 Å². The average molecular weight is 765 g/mol. The van der Waals surface area contributed by atoms with Crippen LogP contribution in [0.5, 0.6) is 11.6 Å². The van der Waals surface area contributed by atoms with Gasteiger partial charge in [0.05, 0.1) is 31.6 Å². The number of ether oxygens (including phenoxy) is 4. The number of amides is 2. The zero-order valence-corrected chi connectivity index (χ0v) is 32.3. The molecule has 0 radical (unpaired) electrons. The number of nitrogens with one attached hydrogen (secondary N) is 1. The highest BCUT2D eigenvalue weighted by Gasteiger charge is 2.44. The minimum absolute atomic E-state index is 0.116. The van der Waals surface area contributed by atoms with E-state index in [-0.39, 0.29) is 34.4 Å². The van der Waals surface area contributed by atoms with Gasteiger partial charge in [-0.2, -0.15) is 10.6 Å². The number of aromatic nitrogens is 2. The quantitative estimate of drug-likeness (QED) is 0.251. The molecule has 1 spiro atoms. The number of anilines is 1. The van der Waals surface area contributed by atoms with Gasteiger partial charge in [-0.05, 0) is 96.7 Å². The number of benzene rings is 2. The van der Waals surface area contributed by atoms with Gasteiger partial charge in [-0.15, -0.1) is 5.10 Å². The number of hydrogen-bond acceptors (Lipinski definition) is 10. The van der Waals surface area contributed by atoms with Crippen LogP contribution in [-0.4, -0.2) is 80.2 Å². The minimum Gasteiger partial charge on any atom is -0.490 e. The van der Waals surface area contributed by atoms with Crippen LogP contribution in [0.4, 0.5) is 5.69 Å². The van der Waals surface area contributed by atoms with E-state index in [1.54, 1.807) is 27.3 Å². The zero-order chi connectivity index (χ0) is 37.4. The fourth-order valence-electron chi connectivity index (χ4n) is 8.58. The van der Waals surface area contributed by atoms with Gasteiger partial charge in [0.2, 0.25) is 5.88 Å². The van der Waals surface area contributed by atoms with Crippen molar-refractivity contribution in [1.29, 1.82) is 0 Å². The molecule has 1 aromatic heterocycles. The number of hydrogen-bond donors (Lipinski definition) is 1. The van der Waals surface area contributed by atoms with E-state index < -0.39 is 39.8 Å². The average Bonchev–Trinajstić information content (AvgIpc) is 3.46. The van der Waals surface area contributed by atoms with Gasteiger partial charge in [0.1, 0.15) is 11.3 Å². The van der Waals surface area contributed by atoms with Crippen molar-refractivity contribution < 1.29 is 32.7 Å². The highest BCUT2D eigenvalue weighted by atomic mass is 35.5. The number of rotatable bonds is 5. The zero-order valence-electron chi connectivity index (χ0n) is 30.7. The maximum absolute atomic E-state index is 14.1. The summed E-state index contributed by atoms with van der Waals surface area (Å²) in [7, 11) is 4.15. The Morgan fingerprint density at radius 3 is 2.62 bits per heavy atom. The molecule has 1 saturated carbocycles. The molecule has 2 bridgehead atoms. The van der Waals surface area contributed by atoms with Gasteiger partial charge >= 0.3 is 0 Å². The van der Waals surface area contributed by atoms with E-state index in [1.165, 1.54) is 29.1 Å². The lowest BCUT2D eigenvalue weighted by Crippen LogP contribution is -2.49. The van der Waals surface area contributed by atoms with Gasteiger partial charge in [0.25, 0.3) is 11.8 Å². The van der Waals surface area contributed by atoms with E-state index in [9.17, 15) is 13.8 Å². The summed E-state index contributed by atoms with van der Waals surface area (Å²) in [6.45, 7) is 3.74. The number of carbonyl (C=O) groups excluding carboxylic acids is 2. The molecule has 53 heavy (non-hydrogen) atoms. The monoisotopic (exact) mass is 764 g/mol. The summed E-state index contributed by atoms with van der Waals surface area (Å²) in [6.07, 6.45) is 9.61. The molecule has 12 nitrogen and oxygen atoms in total. The third-order valence-electron chi connectivity index (χ3n) is 11.6. The van der Waals surface area contributed by atoms with Crippen molar-refractivity contribution in [2.45, 2.75) is 62.0 Å². The minimum atomic E-state index is -2.22. The van der Waals surface area contributed by atoms with Crippen LogP contribution in [0.15, 0.2) is 59.1 Å². The molecule has 7 atom stereocenters. The van der Waals surface area contributed by atoms with Crippen molar-refractivity contribution in [3.63, 3.8) is 0 Å². The molecule has 284 valence electrons. The van der Waals surface area contributed by atoms with Crippen molar-refractivity contribution in [2.75, 3.05) is 45.9 Å². The Kier molecular flexibility index (Phi) is 10.9. The first-order valence-corrected chi connectivity index (χ1v) is 19.7. The first-order chi connectivity index (χ1) is 25.5. The molecule has 7 rings (SSSR count). The summed E-state index contributed by atoms with van der Waals surface area (Å²) in [4.78, 5) is 29.9. The second kappa shape index (κ2) is 15.4. The molecule has 3 aromatic rings. The van der Waals surface area contributed by atoms with Crippen LogP contribution in [-0.2, 0) is 43.2 Å². The largest absolute Gasteiger partial charge is 0.490 e. The SMILES string of the molecule is COc1nn(C)cc1C(=O)NC1[C@@H](C)[C@H](OC)/C=C/[C@H](OC)[C@@H]2CC[C@H]2CN2C[C@@]3(CCCc4cc(Cl)ccc43)COc3ccc(cc32)C(=O)N=[S-]1=O. The number of aryl methyl sites for hydroxylation is 2. The van der Waals surface area contributed by atoms with E-state index in [4.69, 9.17) is 30.5 Å². The van der Waals surface area contributed by atoms with Gasteiger partial charge in [-0.25, -0.2) is 0 Å². The molecular formula is C39H47ClN5O7S-. The Labute approximate surface area is 317 Å². The van der Waals surface area contributed by atoms with E-state index in [2.05, 4.69) is 31.8 Å². The van der Waals surface area contributed by atoms with Crippen LogP contribution in [0.3, 0.4) is 0 Å². The highest BCUT2D eigenvalue weighted by molar-refractivity contribution is 7.75. The molecule has 2 amide bonds. The second-order valence-corrected chi connectivity index (χ2v) is 16.4. The standard InChI is InChI=1S/C39H47ClN5O7S/c1-23-32(49-3)14-15-33(50-4)28-11-8-26(28)19-45-21-39(16-6-7-24-17-27(40)10-12-30(24)39)22-52-34-13-9-25(18-31(34)45)35(46)43-53(48)38(23)41-36(47)29-20-44(2)42-37(29)51-5/h9-10,12-15,17-18,20,23,26,28,32-33,38H,6-8,11,16,19,21-22H2,1-5H3,(H,41,47)/q-1/b15-14+/t23-,26-,28+,32+,33-,38?,39-/m0/s1. The van der Waals surface area contributed by atoms with Gasteiger partial charge in [-0.1, -0.05) is 36.7 Å². The predicted octanol–water partition coefficient (Wildman–Crippen LogP) is 5.86. The van der Waals surface area contributed by atoms with Crippen LogP contribution in [0.1, 0.15) is 64.4 Å². The summed E-state index contributed by atoms with van der Waals surface area (Å²) < 4.78 is 43.7. The van der Waals surface area contributed by atoms with Crippen LogP contribution in [0.2, 0.25) is 5.02 Å². The maximum atomic E-state index is 14.1. The van der Waals surface area contributed by atoms with Crippen LogP contribution in [0, 0.1) is 17.8 Å². The number of methoxy groups -OCH3 is 3. The maximum Gasteiger partial charge on any atom is 0.257 e. The van der Waals surface area contributed by atoms with E-state index in [1.807, 2.05) is 37.3 Å². The topological polar surface area (TPSA) is 134 Å². The summed E-state index contributed by atoms with van der Waals surface area (Å²) in [6, 6.07) is 11.5. The van der Waals surface area contributed by atoms with Gasteiger partial charge in [0, 0.05) is 56.6 Å². The number of halogens is 1. The molecule has 3 heterocycles. The van der Waals surface area contributed by atoms with Gasteiger partial charge in [-0.3, -0.25) is 14.3 Å². The van der Waals surface area contributed by atoms with Crippen LogP contribution >= 0.6 is 11.6 Å². The Bertz CT molecular complexity index is 2000. The molecule has 2 aliphatic carbocycles. The van der Waals surface area contributed by atoms with Gasteiger partial charge in [0.15, 0.2) is 0 Å². The molecule has 2 aliphatic heterocycles. The van der Waals surface area contributed by atoms with Crippen molar-refractivity contribution in [3.05, 3.63) is 82.0 Å². The molecule has 1 unspecified atom stereocenters. The Morgan fingerprint density at radius 2 is 1.89 bits per heavy atom. The molecule has 14 heteroatoms. The molecule has 4 aliphatic rings. The lowest BCUT2D eigenvalue weighted by Gasteiger charge is -2.46. The number of fused-ring (bicyclic) bond motifs is 4. The van der Waals surface area contributed by atoms with Crippen molar-refractivity contribution in [3.8, 4) is 11.6 Å². The third kappa shape index (κ3) is 7.33. The smallest absolute Gasteiger partial charge is 0.257 e. The van der Waals surface area contributed by atoms with Crippen molar-refractivity contribution in [1.82, 2.24) is 15.1 Å². The fraction of sp³-hybridized carbons (Fsp3) is 0.513. The van der Waals surface area contributed by atoms with Crippen molar-refractivity contribution in [2.24, 2.45) is 29.2 Å². The summed E-state index contributed by atoms with van der Waals surface area (Å²) >= 11 is 6.46. The fourth-order valence-corrected chi connectivity index (χ4v) is 9.89. The lowest BCUT2D eigenvalue weighted by molar-refractivity contribution is 0.0118. The Hall–Kier alpha value is -3.91. The van der Waals surface area contributed by atoms with Crippen LogP contribution in [0.25, 0.3) is 0 Å². The van der Waals surface area contributed by atoms with Crippen molar-refractivity contribution >= 4 is 39.7 Å². The normalized spacial score (nSPS) is 29.5. The number of carbonyl (C=O) groups is 2. The highest BCUT2D eigenvalue weighted by Crippen LogP contribution is 2.47. The Morgan fingerprint density at radius 1 is 1.09 bits per heavy atom. The first-order valence-electron chi connectivity index (χ1n) is 18.1. The predicted molar refractivity (Wildman–Crippen MR) is 202 cm³/mol. The molecule has 2 aromatic carbocycles. The third-order valence-corrected chi connectivity index (χ3v) is 13.1. The molecule has 1 fully saturated rings. The van der Waals surface area contributed by atoms with E-state index in [0.717, 1.165) is 49.4 Å². The second-order valence-electron chi connectivity index (χ2n) is 14.7. The van der Waals surface area contributed by atoms with Crippen LogP contribution < -0.4 is 19.7 Å². The van der Waals surface area contributed by atoms with Gasteiger partial charge < -0.3 is 37.7 Å².